The Balaban J connectivity index is 1.30. The molecule has 5 nitrogen and oxygen atoms in total. The van der Waals surface area contributed by atoms with Gasteiger partial charge in [-0.3, -0.25) is 9.59 Å². The molecule has 48 heavy (non-hydrogen) atoms. The molecule has 0 radical (unpaired) electrons. The lowest BCUT2D eigenvalue weighted by Crippen LogP contribution is -2.42. The van der Waals surface area contributed by atoms with Crippen molar-refractivity contribution in [1.82, 2.24) is 4.90 Å². The van der Waals surface area contributed by atoms with Crippen LogP contribution >= 0.6 is 0 Å². The normalized spacial score (nSPS) is 14.6. The van der Waals surface area contributed by atoms with E-state index >= 15 is 0 Å². The van der Waals surface area contributed by atoms with Crippen molar-refractivity contribution in [2.45, 2.75) is 90.0 Å². The molecule has 1 unspecified atom stereocenters. The Labute approximate surface area is 286 Å². The Bertz CT molecular complexity index is 1900. The molecule has 1 atom stereocenters. The van der Waals surface area contributed by atoms with Gasteiger partial charge < -0.3 is 13.7 Å². The second-order valence-corrected chi connectivity index (χ2v) is 19.7. The van der Waals surface area contributed by atoms with Crippen molar-refractivity contribution in [3.8, 4) is 0 Å². The molecule has 1 amide bonds. The van der Waals surface area contributed by atoms with Crippen LogP contribution in [-0.2, 0) is 28.5 Å². The molecule has 1 fully saturated rings. The van der Waals surface area contributed by atoms with E-state index in [4.69, 9.17) is 8.84 Å². The van der Waals surface area contributed by atoms with Crippen molar-refractivity contribution in [2.24, 2.45) is 0 Å². The molecular formula is C42H49NO4Si. The summed E-state index contributed by atoms with van der Waals surface area (Å²) in [5.41, 5.74) is 7.27. The first-order chi connectivity index (χ1) is 23.0. The zero-order valence-electron chi connectivity index (χ0n) is 29.2. The van der Waals surface area contributed by atoms with Crippen LogP contribution in [0.25, 0.3) is 21.9 Å². The number of rotatable bonds is 12. The number of benzene rings is 4. The minimum Gasteiger partial charge on any atom is -0.456 e. The van der Waals surface area contributed by atoms with E-state index < -0.39 is 8.32 Å². The van der Waals surface area contributed by atoms with E-state index in [1.165, 1.54) is 16.7 Å². The van der Waals surface area contributed by atoms with Gasteiger partial charge in [-0.25, -0.2) is 0 Å². The molecule has 0 bridgehead atoms. The average Bonchev–Trinajstić information content (AvgIpc) is 3.74. The third-order valence-corrected chi connectivity index (χ3v) is 15.0. The Morgan fingerprint density at radius 2 is 1.44 bits per heavy atom. The number of furan rings is 1. The maximum absolute atomic E-state index is 13.3. The van der Waals surface area contributed by atoms with Crippen LogP contribution in [0.5, 0.6) is 0 Å². The molecule has 0 spiro atoms. The lowest BCUT2D eigenvalue weighted by Gasteiger charge is -2.39. The Kier molecular flexibility index (Phi) is 10.0. The van der Waals surface area contributed by atoms with Crippen LogP contribution in [0.4, 0.5) is 0 Å². The van der Waals surface area contributed by atoms with Crippen LogP contribution in [0.1, 0.15) is 85.2 Å². The fourth-order valence-corrected chi connectivity index (χ4v) is 7.83. The fraction of sp³-hybridized carbons (Fsp3) is 0.381. The zero-order valence-corrected chi connectivity index (χ0v) is 30.2. The number of carbonyl (C=O) groups is 2. The lowest BCUT2D eigenvalue weighted by molar-refractivity contribution is -0.130. The third-order valence-electron chi connectivity index (χ3n) is 10.5. The molecule has 2 heterocycles. The number of nitrogens with zero attached hydrogens (tertiary/aromatic N) is 1. The average molecular weight is 660 g/mol. The van der Waals surface area contributed by atoms with Gasteiger partial charge in [0.1, 0.15) is 11.2 Å². The summed E-state index contributed by atoms with van der Waals surface area (Å²) in [6, 6.07) is 31.5. The summed E-state index contributed by atoms with van der Waals surface area (Å²) in [5.74, 6) is 0.0657. The molecule has 6 rings (SSSR count). The highest BCUT2D eigenvalue weighted by molar-refractivity contribution is 6.74. The summed E-state index contributed by atoms with van der Waals surface area (Å²) in [4.78, 5) is 27.7. The van der Waals surface area contributed by atoms with E-state index in [0.717, 1.165) is 72.7 Å². The van der Waals surface area contributed by atoms with Gasteiger partial charge >= 0.3 is 0 Å². The first-order valence-corrected chi connectivity index (χ1v) is 20.4. The topological polar surface area (TPSA) is 59.8 Å². The number of aryl methyl sites for hydroxylation is 2. The highest BCUT2D eigenvalue weighted by Crippen LogP contribution is 2.42. The molecule has 5 aromatic rings. The zero-order chi connectivity index (χ0) is 33.9. The van der Waals surface area contributed by atoms with Gasteiger partial charge in [-0.2, -0.15) is 0 Å². The van der Waals surface area contributed by atoms with Crippen LogP contribution in [-0.4, -0.2) is 38.0 Å². The molecule has 1 aromatic heterocycles. The first kappa shape index (κ1) is 33.9. The monoisotopic (exact) mass is 659 g/mol. The van der Waals surface area contributed by atoms with Gasteiger partial charge in [-0.05, 0) is 96.4 Å². The van der Waals surface area contributed by atoms with Crippen molar-refractivity contribution in [3.63, 3.8) is 0 Å². The quantitative estimate of drug-likeness (QED) is 0.0988. The number of likely N-dealkylation sites (tertiary alicyclic amines) is 1. The molecule has 0 N–H and O–H groups in total. The number of hydrogen-bond donors (Lipinski definition) is 0. The number of ketones is 1. The van der Waals surface area contributed by atoms with Gasteiger partial charge in [0.15, 0.2) is 14.1 Å². The van der Waals surface area contributed by atoms with Crippen molar-refractivity contribution in [3.05, 3.63) is 119 Å². The van der Waals surface area contributed by atoms with E-state index in [9.17, 15) is 9.59 Å². The highest BCUT2D eigenvalue weighted by atomic mass is 28.4. The Morgan fingerprint density at radius 3 is 2.15 bits per heavy atom. The summed E-state index contributed by atoms with van der Waals surface area (Å²) in [5, 5.41) is 1.94. The van der Waals surface area contributed by atoms with Crippen molar-refractivity contribution >= 4 is 41.9 Å². The molecule has 0 aliphatic carbocycles. The second-order valence-electron chi connectivity index (χ2n) is 14.9. The summed E-state index contributed by atoms with van der Waals surface area (Å²) in [7, 11) is -2.15. The van der Waals surface area contributed by atoms with Crippen LogP contribution < -0.4 is 0 Å². The maximum atomic E-state index is 13.3. The van der Waals surface area contributed by atoms with E-state index in [0.29, 0.717) is 5.56 Å². The SMILES string of the molecule is CC(C)(C)[Si](C)(C)OC(Cc1ccccc1CCc1ccccc1)c1ccc2oc3ccc(C(=O)CCC(=O)N4CCCC4)cc3c2c1. The van der Waals surface area contributed by atoms with Gasteiger partial charge in [0.2, 0.25) is 5.91 Å². The van der Waals surface area contributed by atoms with Gasteiger partial charge in [-0.15, -0.1) is 0 Å². The Morgan fingerprint density at radius 1 is 0.792 bits per heavy atom. The lowest BCUT2D eigenvalue weighted by atomic mass is 9.93. The largest absolute Gasteiger partial charge is 0.456 e. The number of fused-ring (bicyclic) bond motifs is 3. The molecule has 4 aromatic carbocycles. The fourth-order valence-electron chi connectivity index (χ4n) is 6.54. The van der Waals surface area contributed by atoms with Crippen molar-refractivity contribution < 1.29 is 18.4 Å². The van der Waals surface area contributed by atoms with Crippen LogP contribution in [0.2, 0.25) is 18.1 Å². The van der Waals surface area contributed by atoms with Gasteiger partial charge in [0.25, 0.3) is 0 Å². The summed E-state index contributed by atoms with van der Waals surface area (Å²) in [6.07, 6.45) is 5.17. The molecular weight excluding hydrogens is 611 g/mol. The van der Waals surface area contributed by atoms with Crippen molar-refractivity contribution in [2.75, 3.05) is 13.1 Å². The first-order valence-electron chi connectivity index (χ1n) is 17.5. The van der Waals surface area contributed by atoms with E-state index in [2.05, 4.69) is 101 Å². The Hall–Kier alpha value is -4.00. The molecule has 1 saturated heterocycles. The molecule has 6 heteroatoms. The standard InChI is InChI=1S/C42H49NO4Si/c1-42(2,3)48(4,5)47-40(29-32-16-10-9-15-31(32)18-17-30-13-7-6-8-14-30)34-20-23-39-36(28-34)35-27-33(19-22-38(35)46-39)37(44)21-24-41(45)43-25-11-12-26-43/h6-10,13-16,19-20,22-23,27-28,40H,11-12,17-18,21,24-26,29H2,1-5H3. The predicted molar refractivity (Wildman–Crippen MR) is 198 cm³/mol. The van der Waals surface area contributed by atoms with Gasteiger partial charge in [0, 0.05) is 48.7 Å². The minimum atomic E-state index is -2.15. The smallest absolute Gasteiger partial charge is 0.223 e. The summed E-state index contributed by atoms with van der Waals surface area (Å²) in [6.45, 7) is 13.1. The van der Waals surface area contributed by atoms with E-state index in [1.54, 1.807) is 0 Å². The summed E-state index contributed by atoms with van der Waals surface area (Å²) >= 11 is 0. The number of hydrogen-bond acceptors (Lipinski definition) is 4. The third kappa shape index (κ3) is 7.66. The highest BCUT2D eigenvalue weighted by Gasteiger charge is 2.39. The summed E-state index contributed by atoms with van der Waals surface area (Å²) < 4.78 is 13.5. The van der Waals surface area contributed by atoms with E-state index in [-0.39, 0.29) is 35.7 Å². The number of Topliss-reactive ketones (excluding diaryl/α,β-unsaturated/α-hetero) is 1. The van der Waals surface area contributed by atoms with Gasteiger partial charge in [-0.1, -0.05) is 81.4 Å². The second kappa shape index (κ2) is 14.2. The van der Waals surface area contributed by atoms with Crippen LogP contribution in [0, 0.1) is 0 Å². The predicted octanol–water partition coefficient (Wildman–Crippen LogP) is 10.3. The van der Waals surface area contributed by atoms with Crippen LogP contribution in [0.15, 0.2) is 95.4 Å². The molecule has 0 saturated carbocycles. The molecule has 250 valence electrons. The van der Waals surface area contributed by atoms with Gasteiger partial charge in [0.05, 0.1) is 6.10 Å². The van der Waals surface area contributed by atoms with Crippen molar-refractivity contribution in [1.29, 1.82) is 0 Å². The number of carbonyl (C=O) groups excluding carboxylic acids is 2. The molecule has 1 aliphatic heterocycles. The van der Waals surface area contributed by atoms with Crippen LogP contribution in [0.3, 0.4) is 0 Å². The minimum absolute atomic E-state index is 0.0128. The maximum Gasteiger partial charge on any atom is 0.223 e. The number of amides is 1. The molecule has 1 aliphatic rings. The van der Waals surface area contributed by atoms with E-state index in [1.807, 2.05) is 29.2 Å².